The number of amides is 5. The van der Waals surface area contributed by atoms with E-state index in [2.05, 4.69) is 19.2 Å². The number of imide groups is 2. The SMILES string of the molecule is CC(C)Cc1ccc([C@@H](C)NC(=O)CN2C(=O)C(=O)N(C(C)C)C2=O)cc1. The van der Waals surface area contributed by atoms with Crippen LogP contribution in [0.5, 0.6) is 0 Å². The second kappa shape index (κ2) is 8.33. The minimum Gasteiger partial charge on any atom is -0.348 e. The van der Waals surface area contributed by atoms with Crippen LogP contribution in [0.25, 0.3) is 0 Å². The lowest BCUT2D eigenvalue weighted by Gasteiger charge is -2.19. The molecular weight excluding hydrogens is 346 g/mol. The van der Waals surface area contributed by atoms with Crippen LogP contribution < -0.4 is 5.32 Å². The molecule has 1 heterocycles. The second-order valence-electron chi connectivity index (χ2n) is 7.57. The first-order valence-corrected chi connectivity index (χ1v) is 9.19. The number of carbonyl (C=O) groups excluding carboxylic acids is 4. The van der Waals surface area contributed by atoms with Crippen molar-refractivity contribution in [3.8, 4) is 0 Å². The standard InChI is InChI=1S/C20H27N3O4/c1-12(2)10-15-6-8-16(9-7-15)14(5)21-17(24)11-22-18(25)19(26)23(13(3)4)20(22)27/h6-9,12-14H,10-11H2,1-5H3,(H,21,24)/t14-/m1/s1. The normalized spacial score (nSPS) is 15.9. The van der Waals surface area contributed by atoms with Crippen molar-refractivity contribution in [2.75, 3.05) is 6.54 Å². The Labute approximate surface area is 159 Å². The highest BCUT2D eigenvalue weighted by Gasteiger charge is 2.46. The summed E-state index contributed by atoms with van der Waals surface area (Å²) in [7, 11) is 0. The molecule has 1 aromatic rings. The number of carbonyl (C=O) groups is 4. The number of urea groups is 1. The van der Waals surface area contributed by atoms with E-state index in [9.17, 15) is 19.2 Å². The molecule has 0 bridgehead atoms. The zero-order valence-corrected chi connectivity index (χ0v) is 16.5. The van der Waals surface area contributed by atoms with Crippen LogP contribution in [-0.2, 0) is 20.8 Å². The van der Waals surface area contributed by atoms with Crippen LogP contribution in [0.15, 0.2) is 24.3 Å². The minimum atomic E-state index is -0.963. The highest BCUT2D eigenvalue weighted by molar-refractivity contribution is 6.45. The quantitative estimate of drug-likeness (QED) is 0.587. The third-order valence-corrected chi connectivity index (χ3v) is 4.40. The summed E-state index contributed by atoms with van der Waals surface area (Å²) in [6, 6.07) is 6.51. The van der Waals surface area contributed by atoms with Gasteiger partial charge in [-0.25, -0.2) is 9.69 Å². The maximum atomic E-state index is 12.3. The van der Waals surface area contributed by atoms with Gasteiger partial charge in [-0.15, -0.1) is 0 Å². The third-order valence-electron chi connectivity index (χ3n) is 4.40. The van der Waals surface area contributed by atoms with Crippen LogP contribution in [0.2, 0.25) is 0 Å². The van der Waals surface area contributed by atoms with E-state index in [1.165, 1.54) is 5.56 Å². The fourth-order valence-electron chi connectivity index (χ4n) is 3.04. The lowest BCUT2D eigenvalue weighted by Crippen LogP contribution is -2.43. The Morgan fingerprint density at radius 1 is 0.963 bits per heavy atom. The molecule has 1 atom stereocenters. The number of hydrogen-bond donors (Lipinski definition) is 1. The molecule has 5 amide bonds. The number of rotatable bonds is 7. The minimum absolute atomic E-state index is 0.282. The van der Waals surface area contributed by atoms with Gasteiger partial charge in [-0.2, -0.15) is 0 Å². The summed E-state index contributed by atoms with van der Waals surface area (Å²) in [6.07, 6.45) is 0.987. The molecule has 0 saturated carbocycles. The molecule has 1 N–H and O–H groups in total. The van der Waals surface area contributed by atoms with Gasteiger partial charge in [0, 0.05) is 6.04 Å². The molecule has 7 nitrogen and oxygen atoms in total. The summed E-state index contributed by atoms with van der Waals surface area (Å²) in [5.41, 5.74) is 2.16. The lowest BCUT2D eigenvalue weighted by molar-refractivity contribution is -0.144. The number of nitrogens with one attached hydrogen (secondary N) is 1. The molecule has 0 aliphatic carbocycles. The first-order valence-electron chi connectivity index (χ1n) is 9.19. The van der Waals surface area contributed by atoms with Gasteiger partial charge in [-0.3, -0.25) is 19.3 Å². The van der Waals surface area contributed by atoms with Gasteiger partial charge >= 0.3 is 17.8 Å². The fraction of sp³-hybridized carbons (Fsp3) is 0.500. The van der Waals surface area contributed by atoms with E-state index in [1.807, 2.05) is 31.2 Å². The van der Waals surface area contributed by atoms with Crippen LogP contribution >= 0.6 is 0 Å². The average molecular weight is 373 g/mol. The van der Waals surface area contributed by atoms with Crippen molar-refractivity contribution in [3.63, 3.8) is 0 Å². The van der Waals surface area contributed by atoms with Crippen molar-refractivity contribution in [2.45, 2.75) is 53.1 Å². The van der Waals surface area contributed by atoms with Gasteiger partial charge in [0.15, 0.2) is 0 Å². The van der Waals surface area contributed by atoms with E-state index in [4.69, 9.17) is 0 Å². The van der Waals surface area contributed by atoms with E-state index in [1.54, 1.807) is 13.8 Å². The summed E-state index contributed by atoms with van der Waals surface area (Å²) >= 11 is 0. The molecule has 0 radical (unpaired) electrons. The maximum absolute atomic E-state index is 12.3. The molecular formula is C20H27N3O4. The predicted molar refractivity (Wildman–Crippen MR) is 101 cm³/mol. The molecule has 2 rings (SSSR count). The molecule has 1 aromatic carbocycles. The monoisotopic (exact) mass is 373 g/mol. The van der Waals surface area contributed by atoms with Crippen molar-refractivity contribution < 1.29 is 19.2 Å². The van der Waals surface area contributed by atoms with Gasteiger partial charge < -0.3 is 5.32 Å². The highest BCUT2D eigenvalue weighted by atomic mass is 16.2. The molecule has 146 valence electrons. The average Bonchev–Trinajstić information content (AvgIpc) is 2.78. The molecule has 27 heavy (non-hydrogen) atoms. The Morgan fingerprint density at radius 2 is 1.56 bits per heavy atom. The van der Waals surface area contributed by atoms with Gasteiger partial charge in [-0.1, -0.05) is 38.1 Å². The molecule has 1 fully saturated rings. The summed E-state index contributed by atoms with van der Waals surface area (Å²) in [4.78, 5) is 49.9. The van der Waals surface area contributed by atoms with Gasteiger partial charge in [0.1, 0.15) is 6.54 Å². The summed E-state index contributed by atoms with van der Waals surface area (Å²) < 4.78 is 0. The van der Waals surface area contributed by atoms with Crippen molar-refractivity contribution in [2.24, 2.45) is 5.92 Å². The number of hydrogen-bond acceptors (Lipinski definition) is 4. The summed E-state index contributed by atoms with van der Waals surface area (Å²) in [6.45, 7) is 8.94. The van der Waals surface area contributed by atoms with Crippen LogP contribution in [0.4, 0.5) is 4.79 Å². The lowest BCUT2D eigenvalue weighted by atomic mass is 10.00. The molecule has 1 saturated heterocycles. The molecule has 0 spiro atoms. The van der Waals surface area contributed by atoms with Crippen molar-refractivity contribution in [1.29, 1.82) is 0 Å². The van der Waals surface area contributed by atoms with Crippen LogP contribution in [0.1, 0.15) is 51.8 Å². The van der Waals surface area contributed by atoms with Gasteiger partial charge in [0.05, 0.1) is 6.04 Å². The zero-order valence-electron chi connectivity index (χ0n) is 16.5. The predicted octanol–water partition coefficient (Wildman–Crippen LogP) is 2.26. The van der Waals surface area contributed by atoms with Gasteiger partial charge in [0.25, 0.3) is 0 Å². The Morgan fingerprint density at radius 3 is 2.04 bits per heavy atom. The van der Waals surface area contributed by atoms with Gasteiger partial charge in [0.2, 0.25) is 5.91 Å². The zero-order chi connectivity index (χ0) is 20.3. The Kier molecular flexibility index (Phi) is 6.36. The van der Waals surface area contributed by atoms with Crippen LogP contribution in [0, 0.1) is 5.92 Å². The maximum Gasteiger partial charge on any atom is 0.334 e. The Hall–Kier alpha value is -2.70. The molecule has 1 aliphatic rings. The fourth-order valence-corrected chi connectivity index (χ4v) is 3.04. The summed E-state index contributed by atoms with van der Waals surface area (Å²) in [5, 5.41) is 2.77. The topological polar surface area (TPSA) is 86.8 Å². The van der Waals surface area contributed by atoms with Crippen LogP contribution in [-0.4, -0.2) is 46.1 Å². The number of benzene rings is 1. The largest absolute Gasteiger partial charge is 0.348 e. The Bertz CT molecular complexity index is 740. The first kappa shape index (κ1) is 20.6. The summed E-state index contributed by atoms with van der Waals surface area (Å²) in [5.74, 6) is -1.78. The highest BCUT2D eigenvalue weighted by Crippen LogP contribution is 2.17. The molecule has 7 heteroatoms. The Balaban J connectivity index is 1.98. The van der Waals surface area contributed by atoms with E-state index in [-0.39, 0.29) is 6.04 Å². The van der Waals surface area contributed by atoms with E-state index < -0.39 is 36.3 Å². The molecule has 0 aromatic heterocycles. The second-order valence-corrected chi connectivity index (χ2v) is 7.57. The number of nitrogens with zero attached hydrogens (tertiary/aromatic N) is 2. The van der Waals surface area contributed by atoms with Crippen molar-refractivity contribution in [3.05, 3.63) is 35.4 Å². The van der Waals surface area contributed by atoms with Crippen molar-refractivity contribution in [1.82, 2.24) is 15.1 Å². The molecule has 0 unspecified atom stereocenters. The van der Waals surface area contributed by atoms with Gasteiger partial charge in [-0.05, 0) is 44.2 Å². The van der Waals surface area contributed by atoms with E-state index >= 15 is 0 Å². The molecule has 1 aliphatic heterocycles. The first-order chi connectivity index (χ1) is 12.6. The smallest absolute Gasteiger partial charge is 0.334 e. The van der Waals surface area contributed by atoms with E-state index in [0.29, 0.717) is 10.8 Å². The third kappa shape index (κ3) is 4.72. The van der Waals surface area contributed by atoms with E-state index in [0.717, 1.165) is 16.9 Å². The van der Waals surface area contributed by atoms with Crippen molar-refractivity contribution >= 4 is 23.8 Å². The van der Waals surface area contributed by atoms with Crippen LogP contribution in [0.3, 0.4) is 0 Å².